The molecule has 0 bridgehead atoms. The molecule has 0 fully saturated rings. The molecule has 1 aliphatic rings. The van der Waals surface area contributed by atoms with Gasteiger partial charge in [-0.1, -0.05) is 0 Å². The highest BCUT2D eigenvalue weighted by Gasteiger charge is 2.35. The monoisotopic (exact) mass is 448 g/mol. The predicted molar refractivity (Wildman–Crippen MR) is 120 cm³/mol. The molecule has 32 heavy (non-hydrogen) atoms. The van der Waals surface area contributed by atoms with Crippen molar-refractivity contribution < 1.29 is 9.18 Å². The zero-order chi connectivity index (χ0) is 22.4. The number of imidazole rings is 1. The van der Waals surface area contributed by atoms with Crippen LogP contribution in [-0.2, 0) is 6.54 Å². The second kappa shape index (κ2) is 7.90. The number of aromatic nitrogens is 5. The summed E-state index contributed by atoms with van der Waals surface area (Å²) in [4.78, 5) is 28.8. The molecule has 0 aliphatic carbocycles. The van der Waals surface area contributed by atoms with E-state index in [2.05, 4.69) is 18.9 Å². The molecule has 9 heteroatoms. The number of benzene rings is 1. The van der Waals surface area contributed by atoms with Crippen LogP contribution in [0.25, 0.3) is 22.1 Å². The fourth-order valence-electron chi connectivity index (χ4n) is 4.19. The van der Waals surface area contributed by atoms with Gasteiger partial charge in [0.15, 0.2) is 10.8 Å². The lowest BCUT2D eigenvalue weighted by Gasteiger charge is -2.35. The maximum atomic E-state index is 13.4. The van der Waals surface area contributed by atoms with Gasteiger partial charge in [-0.15, -0.1) is 0 Å². The number of halogens is 1. The molecule has 162 valence electrons. The number of carbonyl (C=O) groups excluding carboxylic acids is 1. The van der Waals surface area contributed by atoms with Gasteiger partial charge in [0.2, 0.25) is 0 Å². The maximum absolute atomic E-state index is 13.4. The molecule has 0 unspecified atom stereocenters. The smallest absolute Gasteiger partial charge is 0.254 e. The van der Waals surface area contributed by atoms with Crippen molar-refractivity contribution in [1.82, 2.24) is 28.8 Å². The highest BCUT2D eigenvalue weighted by molar-refractivity contribution is 7.09. The number of nitrogens with zero attached hydrogens (tertiary/aromatic N) is 6. The molecule has 4 aromatic rings. The van der Waals surface area contributed by atoms with Crippen LogP contribution in [0.1, 0.15) is 40.4 Å². The summed E-state index contributed by atoms with van der Waals surface area (Å²) in [6.45, 7) is 6.96. The summed E-state index contributed by atoms with van der Waals surface area (Å²) in [5.41, 5.74) is 4.20. The summed E-state index contributed by atoms with van der Waals surface area (Å²) >= 11 is 1.32. The number of amides is 1. The molecular formula is C23H21FN6OS. The third kappa shape index (κ3) is 3.38. The lowest BCUT2D eigenvalue weighted by Crippen LogP contribution is -2.41. The van der Waals surface area contributed by atoms with E-state index in [1.54, 1.807) is 6.20 Å². The lowest BCUT2D eigenvalue weighted by atomic mass is 10.0. The number of fused-ring (bicyclic) bond motifs is 1. The molecule has 3 aromatic heterocycles. The molecule has 4 heterocycles. The molecular weight excluding hydrogens is 427 g/mol. The average molecular weight is 449 g/mol. The quantitative estimate of drug-likeness (QED) is 0.463. The van der Waals surface area contributed by atoms with Crippen LogP contribution in [0.15, 0.2) is 42.7 Å². The van der Waals surface area contributed by atoms with Gasteiger partial charge >= 0.3 is 0 Å². The zero-order valence-electron chi connectivity index (χ0n) is 17.9. The fourth-order valence-corrected chi connectivity index (χ4v) is 4.86. The fraction of sp³-hybridized carbons (Fsp3) is 0.261. The second-order valence-corrected chi connectivity index (χ2v) is 8.59. The van der Waals surface area contributed by atoms with Gasteiger partial charge in [-0.25, -0.2) is 14.4 Å². The van der Waals surface area contributed by atoms with Crippen LogP contribution in [0.3, 0.4) is 0 Å². The normalized spacial score (nSPS) is 15.6. The van der Waals surface area contributed by atoms with Crippen LogP contribution < -0.4 is 0 Å². The van der Waals surface area contributed by atoms with E-state index < -0.39 is 0 Å². The van der Waals surface area contributed by atoms with Gasteiger partial charge in [-0.3, -0.25) is 9.78 Å². The molecule has 7 nitrogen and oxygen atoms in total. The molecule has 1 amide bonds. The predicted octanol–water partition coefficient (Wildman–Crippen LogP) is 4.44. The largest absolute Gasteiger partial charge is 0.329 e. The van der Waals surface area contributed by atoms with Crippen LogP contribution in [-0.4, -0.2) is 41.2 Å². The lowest BCUT2D eigenvalue weighted by molar-refractivity contribution is 0.0645. The summed E-state index contributed by atoms with van der Waals surface area (Å²) < 4.78 is 19.8. The van der Waals surface area contributed by atoms with E-state index in [4.69, 9.17) is 4.98 Å². The summed E-state index contributed by atoms with van der Waals surface area (Å²) in [5, 5.41) is 0.757. The summed E-state index contributed by atoms with van der Waals surface area (Å²) in [6.07, 6.45) is 3.56. The first kappa shape index (κ1) is 20.4. The summed E-state index contributed by atoms with van der Waals surface area (Å²) in [7, 11) is 0. The standard InChI is InChI=1S/C23H21FN6OS/c1-13-12-25-9-8-18(13)19-20-14(2)29(23(31)16-4-6-17(24)7-5-16)10-11-30(20)21(27-19)22-26-15(3)28-32-22/h4-9,12,14H,10-11H2,1-3H3/t14-/m1/s1. The van der Waals surface area contributed by atoms with E-state index in [9.17, 15) is 9.18 Å². The third-order valence-electron chi connectivity index (χ3n) is 5.78. The molecule has 0 N–H and O–H groups in total. The van der Waals surface area contributed by atoms with E-state index in [1.807, 2.05) is 37.9 Å². The van der Waals surface area contributed by atoms with Crippen molar-refractivity contribution in [3.63, 3.8) is 0 Å². The molecule has 0 radical (unpaired) electrons. The van der Waals surface area contributed by atoms with E-state index in [1.165, 1.54) is 35.8 Å². The number of hydrogen-bond acceptors (Lipinski definition) is 6. The van der Waals surface area contributed by atoms with Gasteiger partial charge < -0.3 is 9.47 Å². The number of hydrogen-bond donors (Lipinski definition) is 0. The number of pyridine rings is 1. The molecule has 0 saturated carbocycles. The Kier molecular flexibility index (Phi) is 5.05. The molecule has 1 aliphatic heterocycles. The van der Waals surface area contributed by atoms with E-state index in [-0.39, 0.29) is 17.8 Å². The number of carbonyl (C=O) groups is 1. The van der Waals surface area contributed by atoms with Gasteiger partial charge in [0, 0.05) is 36.6 Å². The van der Waals surface area contributed by atoms with Crippen LogP contribution in [0, 0.1) is 19.7 Å². The Morgan fingerprint density at radius 1 is 1.12 bits per heavy atom. The van der Waals surface area contributed by atoms with Crippen molar-refractivity contribution in [2.45, 2.75) is 33.4 Å². The molecule has 0 spiro atoms. The first-order chi connectivity index (χ1) is 15.4. The molecule has 1 atom stereocenters. The van der Waals surface area contributed by atoms with Gasteiger partial charge in [0.25, 0.3) is 5.91 Å². The Labute approximate surface area is 188 Å². The van der Waals surface area contributed by atoms with E-state index >= 15 is 0 Å². The Morgan fingerprint density at radius 3 is 2.59 bits per heavy atom. The minimum absolute atomic E-state index is 0.129. The third-order valence-corrected chi connectivity index (χ3v) is 6.58. The van der Waals surface area contributed by atoms with Crippen molar-refractivity contribution >= 4 is 17.4 Å². The second-order valence-electron chi connectivity index (χ2n) is 7.84. The van der Waals surface area contributed by atoms with Crippen molar-refractivity contribution in [2.24, 2.45) is 0 Å². The first-order valence-corrected chi connectivity index (χ1v) is 11.1. The Morgan fingerprint density at radius 2 is 1.91 bits per heavy atom. The summed E-state index contributed by atoms with van der Waals surface area (Å²) in [6, 6.07) is 7.39. The van der Waals surface area contributed by atoms with Gasteiger partial charge in [0.05, 0.1) is 17.4 Å². The molecule has 1 aromatic carbocycles. The van der Waals surface area contributed by atoms with Crippen molar-refractivity contribution in [3.05, 3.63) is 71.2 Å². The van der Waals surface area contributed by atoms with Crippen LogP contribution in [0.4, 0.5) is 4.39 Å². The Bertz CT molecular complexity index is 1310. The Hall–Kier alpha value is -3.46. The molecule has 0 saturated heterocycles. The maximum Gasteiger partial charge on any atom is 0.254 e. The van der Waals surface area contributed by atoms with Crippen LogP contribution in [0.5, 0.6) is 0 Å². The van der Waals surface area contributed by atoms with Gasteiger partial charge in [0.1, 0.15) is 11.6 Å². The van der Waals surface area contributed by atoms with Crippen molar-refractivity contribution in [3.8, 4) is 22.1 Å². The van der Waals surface area contributed by atoms with Gasteiger partial charge in [-0.05, 0) is 68.2 Å². The van der Waals surface area contributed by atoms with Gasteiger partial charge in [-0.2, -0.15) is 4.37 Å². The van der Waals surface area contributed by atoms with Crippen LogP contribution >= 0.6 is 11.5 Å². The van der Waals surface area contributed by atoms with Crippen molar-refractivity contribution in [1.29, 1.82) is 0 Å². The number of rotatable bonds is 3. The number of aryl methyl sites for hydroxylation is 2. The zero-order valence-corrected chi connectivity index (χ0v) is 18.7. The highest BCUT2D eigenvalue weighted by atomic mass is 32.1. The average Bonchev–Trinajstić information content (AvgIpc) is 3.38. The SMILES string of the molecule is Cc1nsc(-c2nc(-c3ccncc3C)c3n2CCN(C(=O)c2ccc(F)cc2)[C@@H]3C)n1. The topological polar surface area (TPSA) is 76.8 Å². The highest BCUT2D eigenvalue weighted by Crippen LogP contribution is 2.39. The molecule has 5 rings (SSSR count). The van der Waals surface area contributed by atoms with E-state index in [0.717, 1.165) is 33.3 Å². The van der Waals surface area contributed by atoms with Crippen molar-refractivity contribution in [2.75, 3.05) is 6.54 Å². The summed E-state index contributed by atoms with van der Waals surface area (Å²) in [5.74, 6) is 0.980. The first-order valence-electron chi connectivity index (χ1n) is 10.3. The van der Waals surface area contributed by atoms with Crippen LogP contribution in [0.2, 0.25) is 0 Å². The Balaban J connectivity index is 1.63. The minimum Gasteiger partial charge on any atom is -0.329 e. The van der Waals surface area contributed by atoms with E-state index in [0.29, 0.717) is 24.5 Å². The minimum atomic E-state index is -0.362.